The molecule has 0 radical (unpaired) electrons. The summed E-state index contributed by atoms with van der Waals surface area (Å²) in [6.45, 7) is 0.295. The molecular formula is C18H14F3NO2S. The Morgan fingerprint density at radius 2 is 1.96 bits per heavy atom. The van der Waals surface area contributed by atoms with Gasteiger partial charge in [-0.2, -0.15) is 13.2 Å². The number of thioether (sulfide) groups is 1. The molecule has 0 saturated carbocycles. The van der Waals surface area contributed by atoms with Crippen LogP contribution in [-0.2, 0) is 11.0 Å². The van der Waals surface area contributed by atoms with Crippen molar-refractivity contribution in [2.24, 2.45) is 0 Å². The van der Waals surface area contributed by atoms with E-state index in [1.807, 2.05) is 24.3 Å². The Bertz CT molecular complexity index is 837. The number of para-hydroxylation sites is 1. The van der Waals surface area contributed by atoms with Crippen molar-refractivity contribution in [3.63, 3.8) is 0 Å². The summed E-state index contributed by atoms with van der Waals surface area (Å²) in [7, 11) is 0. The lowest BCUT2D eigenvalue weighted by molar-refractivity contribution is -0.139. The van der Waals surface area contributed by atoms with Crippen LogP contribution in [0.3, 0.4) is 0 Å². The summed E-state index contributed by atoms with van der Waals surface area (Å²) in [6.07, 6.45) is -4.52. The smallest absolute Gasteiger partial charge is 0.420 e. The van der Waals surface area contributed by atoms with Crippen molar-refractivity contribution < 1.29 is 22.7 Å². The lowest BCUT2D eigenvalue weighted by Gasteiger charge is -2.32. The van der Waals surface area contributed by atoms with Crippen LogP contribution in [0.5, 0.6) is 5.75 Å². The SMILES string of the molecule is O=C(C1CSc2ccccc21)N1CCOc2c1cccc2C(F)(F)F. The number of nitrogens with zero attached hydrogens (tertiary/aromatic N) is 1. The Morgan fingerprint density at radius 1 is 1.16 bits per heavy atom. The number of benzene rings is 2. The molecule has 0 aliphatic carbocycles. The van der Waals surface area contributed by atoms with E-state index in [1.54, 1.807) is 11.8 Å². The molecule has 25 heavy (non-hydrogen) atoms. The Kier molecular flexibility index (Phi) is 3.91. The standard InChI is InChI=1S/C18H14F3NO2S/c19-18(20,21)13-5-3-6-14-16(13)24-9-8-22(14)17(23)12-10-25-15-7-2-1-4-11(12)15/h1-7,12H,8-10H2. The largest absolute Gasteiger partial charge is 0.489 e. The quantitative estimate of drug-likeness (QED) is 0.754. The summed E-state index contributed by atoms with van der Waals surface area (Å²) in [6, 6.07) is 11.5. The molecule has 2 heterocycles. The van der Waals surface area contributed by atoms with E-state index in [0.717, 1.165) is 16.5 Å². The minimum absolute atomic E-state index is 0.0490. The first-order valence-electron chi connectivity index (χ1n) is 7.83. The number of carbonyl (C=O) groups excluding carboxylic acids is 1. The van der Waals surface area contributed by atoms with Crippen molar-refractivity contribution in [1.29, 1.82) is 0 Å². The van der Waals surface area contributed by atoms with E-state index in [0.29, 0.717) is 5.75 Å². The maximum absolute atomic E-state index is 13.2. The number of anilines is 1. The van der Waals surface area contributed by atoms with Crippen LogP contribution >= 0.6 is 11.8 Å². The summed E-state index contributed by atoms with van der Waals surface area (Å²) >= 11 is 1.60. The van der Waals surface area contributed by atoms with Crippen LogP contribution in [0.2, 0.25) is 0 Å². The zero-order valence-electron chi connectivity index (χ0n) is 13.0. The van der Waals surface area contributed by atoms with Gasteiger partial charge in [0.1, 0.15) is 6.61 Å². The molecular weight excluding hydrogens is 351 g/mol. The Hall–Kier alpha value is -2.15. The van der Waals surface area contributed by atoms with Gasteiger partial charge < -0.3 is 9.64 Å². The maximum Gasteiger partial charge on any atom is 0.420 e. The third kappa shape index (κ3) is 2.76. The highest BCUT2D eigenvalue weighted by Gasteiger charge is 2.40. The molecule has 0 saturated heterocycles. The van der Waals surface area contributed by atoms with E-state index in [-0.39, 0.29) is 36.4 Å². The molecule has 2 aromatic carbocycles. The molecule has 0 fully saturated rings. The average molecular weight is 365 g/mol. The molecule has 1 amide bonds. The number of halogens is 3. The molecule has 2 aliphatic heterocycles. The second kappa shape index (κ2) is 5.98. The minimum atomic E-state index is -4.52. The molecule has 0 N–H and O–H groups in total. The zero-order chi connectivity index (χ0) is 17.6. The van der Waals surface area contributed by atoms with E-state index in [9.17, 15) is 18.0 Å². The molecule has 130 valence electrons. The first kappa shape index (κ1) is 16.3. The van der Waals surface area contributed by atoms with Gasteiger partial charge in [-0.25, -0.2) is 0 Å². The van der Waals surface area contributed by atoms with Crippen LogP contribution in [0, 0.1) is 0 Å². The minimum Gasteiger partial charge on any atom is -0.489 e. The molecule has 1 unspecified atom stereocenters. The highest BCUT2D eigenvalue weighted by atomic mass is 32.2. The second-order valence-corrected chi connectivity index (χ2v) is 6.95. The van der Waals surface area contributed by atoms with Crippen molar-refractivity contribution in [2.75, 3.05) is 23.8 Å². The van der Waals surface area contributed by atoms with Gasteiger partial charge in [0, 0.05) is 10.6 Å². The Morgan fingerprint density at radius 3 is 2.76 bits per heavy atom. The monoisotopic (exact) mass is 365 g/mol. The van der Waals surface area contributed by atoms with Crippen LogP contribution < -0.4 is 9.64 Å². The summed E-state index contributed by atoms with van der Waals surface area (Å²) in [5, 5.41) is 0. The molecule has 2 aliphatic rings. The molecule has 7 heteroatoms. The number of alkyl halides is 3. The van der Waals surface area contributed by atoms with Crippen LogP contribution in [0.25, 0.3) is 0 Å². The number of rotatable bonds is 1. The van der Waals surface area contributed by atoms with E-state index >= 15 is 0 Å². The van der Waals surface area contributed by atoms with Gasteiger partial charge >= 0.3 is 6.18 Å². The van der Waals surface area contributed by atoms with E-state index in [2.05, 4.69) is 0 Å². The second-order valence-electron chi connectivity index (χ2n) is 5.89. The Balaban J connectivity index is 1.72. The van der Waals surface area contributed by atoms with Gasteiger partial charge in [0.05, 0.1) is 23.7 Å². The first-order chi connectivity index (χ1) is 12.0. The summed E-state index contributed by atoms with van der Waals surface area (Å²) in [5.41, 5.74) is 0.293. The highest BCUT2D eigenvalue weighted by molar-refractivity contribution is 7.99. The van der Waals surface area contributed by atoms with Crippen LogP contribution in [0.15, 0.2) is 47.4 Å². The highest BCUT2D eigenvalue weighted by Crippen LogP contribution is 2.45. The molecule has 0 bridgehead atoms. The molecule has 4 rings (SSSR count). The predicted molar refractivity (Wildman–Crippen MR) is 89.2 cm³/mol. The third-order valence-corrected chi connectivity index (χ3v) is 5.60. The van der Waals surface area contributed by atoms with Gasteiger partial charge in [0.25, 0.3) is 0 Å². The van der Waals surface area contributed by atoms with Gasteiger partial charge in [0.2, 0.25) is 5.91 Å². The molecule has 1 atom stereocenters. The van der Waals surface area contributed by atoms with E-state index < -0.39 is 11.7 Å². The number of amides is 1. The first-order valence-corrected chi connectivity index (χ1v) is 8.81. The maximum atomic E-state index is 13.2. The molecule has 2 aromatic rings. The number of fused-ring (bicyclic) bond motifs is 2. The van der Waals surface area contributed by atoms with E-state index in [1.165, 1.54) is 17.0 Å². The summed E-state index contributed by atoms with van der Waals surface area (Å²) in [5.74, 6) is -0.180. The van der Waals surface area contributed by atoms with E-state index in [4.69, 9.17) is 4.74 Å². The number of hydrogen-bond acceptors (Lipinski definition) is 3. The summed E-state index contributed by atoms with van der Waals surface area (Å²) < 4.78 is 44.9. The van der Waals surface area contributed by atoms with Gasteiger partial charge in [-0.05, 0) is 23.8 Å². The predicted octanol–water partition coefficient (Wildman–Crippen LogP) is 4.32. The van der Waals surface area contributed by atoms with Crippen molar-refractivity contribution >= 4 is 23.4 Å². The van der Waals surface area contributed by atoms with Crippen LogP contribution in [0.4, 0.5) is 18.9 Å². The van der Waals surface area contributed by atoms with Gasteiger partial charge in [-0.15, -0.1) is 11.8 Å². The molecule has 0 aromatic heterocycles. The normalized spacial score (nSPS) is 19.2. The third-order valence-electron chi connectivity index (χ3n) is 4.42. The fourth-order valence-corrected chi connectivity index (χ4v) is 4.48. The zero-order valence-corrected chi connectivity index (χ0v) is 13.9. The van der Waals surface area contributed by atoms with Crippen LogP contribution in [-0.4, -0.2) is 24.8 Å². The fraction of sp³-hybridized carbons (Fsp3) is 0.278. The van der Waals surface area contributed by atoms with Crippen molar-refractivity contribution in [3.05, 3.63) is 53.6 Å². The van der Waals surface area contributed by atoms with Crippen molar-refractivity contribution in [2.45, 2.75) is 17.0 Å². The summed E-state index contributed by atoms with van der Waals surface area (Å²) in [4.78, 5) is 15.5. The topological polar surface area (TPSA) is 29.5 Å². The van der Waals surface area contributed by atoms with Crippen molar-refractivity contribution in [3.8, 4) is 5.75 Å². The lowest BCUT2D eigenvalue weighted by atomic mass is 9.99. The molecule has 0 spiro atoms. The average Bonchev–Trinajstić information content (AvgIpc) is 3.03. The Labute approximate surface area is 146 Å². The number of hydrogen-bond donors (Lipinski definition) is 0. The molecule has 3 nitrogen and oxygen atoms in total. The lowest BCUT2D eigenvalue weighted by Crippen LogP contribution is -2.41. The number of ether oxygens (including phenoxy) is 1. The fourth-order valence-electron chi connectivity index (χ4n) is 3.26. The number of carbonyl (C=O) groups is 1. The van der Waals surface area contributed by atoms with Crippen LogP contribution in [0.1, 0.15) is 17.0 Å². The van der Waals surface area contributed by atoms with Crippen molar-refractivity contribution in [1.82, 2.24) is 0 Å². The van der Waals surface area contributed by atoms with Gasteiger partial charge in [0.15, 0.2) is 5.75 Å². The van der Waals surface area contributed by atoms with Gasteiger partial charge in [-0.3, -0.25) is 4.79 Å². The van der Waals surface area contributed by atoms with Gasteiger partial charge in [-0.1, -0.05) is 24.3 Å².